The van der Waals surface area contributed by atoms with Gasteiger partial charge in [0.15, 0.2) is 22.4 Å². The fourth-order valence-electron chi connectivity index (χ4n) is 3.21. The van der Waals surface area contributed by atoms with E-state index in [0.29, 0.717) is 41.1 Å². The van der Waals surface area contributed by atoms with Gasteiger partial charge < -0.3 is 25.4 Å². The number of hydrogen-bond acceptors (Lipinski definition) is 6. The molecule has 0 bridgehead atoms. The number of ketones is 1. The highest BCUT2D eigenvalue weighted by Crippen LogP contribution is 2.32. The second-order valence-corrected chi connectivity index (χ2v) is 8.89. The number of anilines is 3. The smallest absolute Gasteiger partial charge is 0.234 e. The topological polar surface area (TPSA) is 88.7 Å². The average molecular weight is 494 g/mol. The molecule has 7 nitrogen and oxygen atoms in total. The molecule has 0 aliphatic carbocycles. The van der Waals surface area contributed by atoms with Gasteiger partial charge >= 0.3 is 0 Å². The van der Waals surface area contributed by atoms with E-state index in [1.807, 2.05) is 24.3 Å². The van der Waals surface area contributed by atoms with Crippen LogP contribution in [0.3, 0.4) is 0 Å². The molecule has 1 amide bonds. The maximum atomic E-state index is 12.4. The van der Waals surface area contributed by atoms with E-state index >= 15 is 0 Å². The molecule has 0 aromatic heterocycles. The molecule has 0 saturated heterocycles. The fraction of sp³-hybridized carbons (Fsp3) is 0.160. The molecule has 174 valence electrons. The number of benzene rings is 3. The van der Waals surface area contributed by atoms with Crippen molar-refractivity contribution >= 4 is 57.8 Å². The predicted molar refractivity (Wildman–Crippen MR) is 140 cm³/mol. The molecule has 3 aromatic rings. The van der Waals surface area contributed by atoms with Gasteiger partial charge in [0.25, 0.3) is 0 Å². The summed E-state index contributed by atoms with van der Waals surface area (Å²) >= 11 is 6.81. The van der Waals surface area contributed by atoms with Gasteiger partial charge in [0.05, 0.1) is 5.75 Å². The monoisotopic (exact) mass is 493 g/mol. The molecule has 0 saturated carbocycles. The minimum atomic E-state index is -0.119. The first-order chi connectivity index (χ1) is 16.5. The van der Waals surface area contributed by atoms with E-state index in [1.165, 1.54) is 18.7 Å². The predicted octanol–water partition coefficient (Wildman–Crippen LogP) is 5.20. The summed E-state index contributed by atoms with van der Waals surface area (Å²) in [5.41, 5.74) is 2.89. The quantitative estimate of drug-likeness (QED) is 0.235. The van der Waals surface area contributed by atoms with Crippen molar-refractivity contribution in [2.75, 3.05) is 34.9 Å². The van der Waals surface area contributed by atoms with E-state index in [2.05, 4.69) is 16.0 Å². The molecule has 0 fully saturated rings. The highest BCUT2D eigenvalue weighted by molar-refractivity contribution is 8.00. The molecule has 1 aliphatic heterocycles. The zero-order chi connectivity index (χ0) is 23.9. The SMILES string of the molecule is CC(=O)c1ccc(NC(=S)Nc2cccc(SCC(=O)Nc3ccc4c(c3)OCCO4)c2)cc1. The second-order valence-electron chi connectivity index (χ2n) is 7.44. The second kappa shape index (κ2) is 11.0. The van der Waals surface area contributed by atoms with Crippen molar-refractivity contribution in [1.29, 1.82) is 0 Å². The van der Waals surface area contributed by atoms with Crippen LogP contribution in [0.2, 0.25) is 0 Å². The van der Waals surface area contributed by atoms with Crippen molar-refractivity contribution in [2.45, 2.75) is 11.8 Å². The number of amides is 1. The Kier molecular flexibility index (Phi) is 7.66. The normalized spacial score (nSPS) is 11.9. The van der Waals surface area contributed by atoms with Crippen LogP contribution in [-0.2, 0) is 4.79 Å². The highest BCUT2D eigenvalue weighted by atomic mass is 32.2. The number of ether oxygens (including phenoxy) is 2. The van der Waals surface area contributed by atoms with Crippen LogP contribution in [0.4, 0.5) is 17.1 Å². The number of Topliss-reactive ketones (excluding diaryl/α,β-unsaturated/α-hetero) is 1. The molecule has 9 heteroatoms. The van der Waals surface area contributed by atoms with E-state index < -0.39 is 0 Å². The van der Waals surface area contributed by atoms with Gasteiger partial charge in [0, 0.05) is 33.6 Å². The summed E-state index contributed by atoms with van der Waals surface area (Å²) < 4.78 is 11.1. The molecule has 1 aliphatic rings. The van der Waals surface area contributed by atoms with Gasteiger partial charge in [0.2, 0.25) is 5.91 Å². The van der Waals surface area contributed by atoms with Crippen LogP contribution < -0.4 is 25.4 Å². The van der Waals surface area contributed by atoms with Crippen molar-refractivity contribution in [3.05, 3.63) is 72.3 Å². The van der Waals surface area contributed by atoms with Crippen LogP contribution >= 0.6 is 24.0 Å². The average Bonchev–Trinajstić information content (AvgIpc) is 2.83. The highest BCUT2D eigenvalue weighted by Gasteiger charge is 2.13. The molecular weight excluding hydrogens is 470 g/mol. The third-order valence-corrected chi connectivity index (χ3v) is 6.03. The minimum Gasteiger partial charge on any atom is -0.486 e. The Morgan fingerprint density at radius 1 is 0.853 bits per heavy atom. The molecule has 0 atom stereocenters. The Balaban J connectivity index is 1.28. The van der Waals surface area contributed by atoms with E-state index in [4.69, 9.17) is 21.7 Å². The number of carbonyl (C=O) groups is 2. The Hall–Kier alpha value is -3.56. The Morgan fingerprint density at radius 2 is 1.53 bits per heavy atom. The molecule has 4 rings (SSSR count). The molecular formula is C25H23N3O4S2. The lowest BCUT2D eigenvalue weighted by Gasteiger charge is -2.19. The number of nitrogens with one attached hydrogen (secondary N) is 3. The third-order valence-electron chi connectivity index (χ3n) is 4.84. The first kappa shape index (κ1) is 23.6. The zero-order valence-corrected chi connectivity index (χ0v) is 20.1. The van der Waals surface area contributed by atoms with E-state index in [9.17, 15) is 9.59 Å². The summed E-state index contributed by atoms with van der Waals surface area (Å²) in [6, 6.07) is 20.1. The van der Waals surface area contributed by atoms with E-state index in [-0.39, 0.29) is 17.4 Å². The van der Waals surface area contributed by atoms with Crippen molar-refractivity contribution < 1.29 is 19.1 Å². The van der Waals surface area contributed by atoms with Gasteiger partial charge in [0.1, 0.15) is 13.2 Å². The maximum absolute atomic E-state index is 12.4. The number of thiocarbonyl (C=S) groups is 1. The summed E-state index contributed by atoms with van der Waals surface area (Å²) in [7, 11) is 0. The van der Waals surface area contributed by atoms with E-state index in [0.717, 1.165) is 16.3 Å². The number of fused-ring (bicyclic) bond motifs is 1. The van der Waals surface area contributed by atoms with Gasteiger partial charge in [-0.05, 0) is 73.7 Å². The van der Waals surface area contributed by atoms with Gasteiger partial charge in [-0.1, -0.05) is 6.07 Å². The van der Waals surface area contributed by atoms with E-state index in [1.54, 1.807) is 42.5 Å². The summed E-state index contributed by atoms with van der Waals surface area (Å²) in [6.45, 7) is 2.55. The van der Waals surface area contributed by atoms with Crippen LogP contribution in [0, 0.1) is 0 Å². The van der Waals surface area contributed by atoms with Crippen LogP contribution in [0.5, 0.6) is 11.5 Å². The van der Waals surface area contributed by atoms with Crippen LogP contribution in [0.15, 0.2) is 71.6 Å². The Labute approximate surface area is 207 Å². The first-order valence-electron chi connectivity index (χ1n) is 10.6. The lowest BCUT2D eigenvalue weighted by molar-refractivity contribution is -0.113. The van der Waals surface area contributed by atoms with Gasteiger partial charge in [-0.25, -0.2) is 0 Å². The van der Waals surface area contributed by atoms with Gasteiger partial charge in [-0.15, -0.1) is 11.8 Å². The molecule has 3 aromatic carbocycles. The van der Waals surface area contributed by atoms with Crippen LogP contribution in [0.25, 0.3) is 0 Å². The number of rotatable bonds is 7. The standard InChI is InChI=1S/C25H23N3O4S2/c1-16(29)17-5-7-18(8-6-17)27-25(33)28-19-3-2-4-21(13-19)34-15-24(30)26-20-9-10-22-23(14-20)32-12-11-31-22/h2-10,13-14H,11-12,15H2,1H3,(H,26,30)(H2,27,28,33). The Morgan fingerprint density at radius 3 is 2.29 bits per heavy atom. The lowest BCUT2D eigenvalue weighted by atomic mass is 10.1. The first-order valence-corrected chi connectivity index (χ1v) is 12.0. The lowest BCUT2D eigenvalue weighted by Crippen LogP contribution is -2.19. The molecule has 3 N–H and O–H groups in total. The van der Waals surface area contributed by atoms with Crippen molar-refractivity contribution in [1.82, 2.24) is 0 Å². The fourth-order valence-corrected chi connectivity index (χ4v) is 4.20. The largest absolute Gasteiger partial charge is 0.486 e. The molecule has 0 unspecified atom stereocenters. The number of thioether (sulfide) groups is 1. The summed E-state index contributed by atoms with van der Waals surface area (Å²) in [4.78, 5) is 24.7. The minimum absolute atomic E-state index is 0.0153. The molecule has 0 radical (unpaired) electrons. The van der Waals surface area contributed by atoms with Crippen LogP contribution in [0.1, 0.15) is 17.3 Å². The summed E-state index contributed by atoms with van der Waals surface area (Å²) in [6.07, 6.45) is 0. The summed E-state index contributed by atoms with van der Waals surface area (Å²) in [5, 5.41) is 9.54. The van der Waals surface area contributed by atoms with Crippen LogP contribution in [-0.4, -0.2) is 35.8 Å². The number of carbonyl (C=O) groups excluding carboxylic acids is 2. The van der Waals surface area contributed by atoms with Gasteiger partial charge in [-0.3, -0.25) is 9.59 Å². The molecule has 34 heavy (non-hydrogen) atoms. The zero-order valence-electron chi connectivity index (χ0n) is 18.4. The third kappa shape index (κ3) is 6.49. The van der Waals surface area contributed by atoms with Crippen molar-refractivity contribution in [3.8, 4) is 11.5 Å². The van der Waals surface area contributed by atoms with Gasteiger partial charge in [-0.2, -0.15) is 0 Å². The Bertz CT molecular complexity index is 1220. The van der Waals surface area contributed by atoms with Crippen molar-refractivity contribution in [2.24, 2.45) is 0 Å². The molecule has 1 heterocycles. The maximum Gasteiger partial charge on any atom is 0.234 e. The van der Waals surface area contributed by atoms with Crippen molar-refractivity contribution in [3.63, 3.8) is 0 Å². The summed E-state index contributed by atoms with van der Waals surface area (Å²) in [5.74, 6) is 1.47. The number of hydrogen-bond donors (Lipinski definition) is 3. The molecule has 0 spiro atoms.